The van der Waals surface area contributed by atoms with Crippen molar-refractivity contribution >= 4 is 52.6 Å². The van der Waals surface area contributed by atoms with Crippen LogP contribution in [0, 0.1) is 6.92 Å². The summed E-state index contributed by atoms with van der Waals surface area (Å²) < 4.78 is 5.36. The van der Waals surface area contributed by atoms with Gasteiger partial charge in [0.05, 0.1) is 18.0 Å². The number of thioether (sulfide) groups is 1. The molecular weight excluding hydrogens is 468 g/mol. The zero-order chi connectivity index (χ0) is 24.5. The van der Waals surface area contributed by atoms with E-state index in [4.69, 9.17) is 16.3 Å². The van der Waals surface area contributed by atoms with Crippen LogP contribution in [0.3, 0.4) is 0 Å². The molecule has 5 nitrogen and oxygen atoms in total. The summed E-state index contributed by atoms with van der Waals surface area (Å²) in [5.41, 5.74) is 3.05. The lowest BCUT2D eigenvalue weighted by molar-refractivity contribution is -0.115. The first-order chi connectivity index (χ1) is 16.4. The number of nitrogens with one attached hydrogen (secondary N) is 2. The highest BCUT2D eigenvalue weighted by atomic mass is 35.5. The number of carbonyl (C=O) groups is 2. The predicted octanol–water partition coefficient (Wildman–Crippen LogP) is 6.82. The number of amides is 2. The Bertz CT molecular complexity index is 1180. The monoisotopic (exact) mass is 494 g/mol. The highest BCUT2D eigenvalue weighted by molar-refractivity contribution is 8.00. The van der Waals surface area contributed by atoms with Gasteiger partial charge < -0.3 is 15.4 Å². The minimum absolute atomic E-state index is 0.132. The number of aryl methyl sites for hydroxylation is 1. The van der Waals surface area contributed by atoms with Crippen LogP contribution in [-0.4, -0.2) is 24.2 Å². The van der Waals surface area contributed by atoms with Crippen LogP contribution in [0.25, 0.3) is 6.08 Å². The molecule has 0 spiro atoms. The van der Waals surface area contributed by atoms with E-state index in [9.17, 15) is 9.59 Å². The van der Waals surface area contributed by atoms with E-state index in [1.54, 1.807) is 18.2 Å². The van der Waals surface area contributed by atoms with E-state index in [-0.39, 0.29) is 17.1 Å². The molecule has 0 aliphatic heterocycles. The third-order valence-corrected chi connectivity index (χ3v) is 6.77. The number of benzene rings is 3. The topological polar surface area (TPSA) is 67.4 Å². The van der Waals surface area contributed by atoms with Crippen molar-refractivity contribution in [3.63, 3.8) is 0 Å². The summed E-state index contributed by atoms with van der Waals surface area (Å²) in [7, 11) is 1.54. The summed E-state index contributed by atoms with van der Waals surface area (Å²) in [6.45, 7) is 3.83. The van der Waals surface area contributed by atoms with Crippen molar-refractivity contribution in [2.75, 3.05) is 17.7 Å². The maximum atomic E-state index is 13.0. The number of carbonyl (C=O) groups excluding carboxylic acids is 2. The molecule has 0 fully saturated rings. The van der Waals surface area contributed by atoms with Crippen LogP contribution in [-0.2, 0) is 9.59 Å². The van der Waals surface area contributed by atoms with Gasteiger partial charge in [-0.1, -0.05) is 54.9 Å². The van der Waals surface area contributed by atoms with Crippen molar-refractivity contribution in [2.24, 2.45) is 0 Å². The van der Waals surface area contributed by atoms with E-state index in [0.29, 0.717) is 28.6 Å². The van der Waals surface area contributed by atoms with Crippen LogP contribution in [0.4, 0.5) is 11.4 Å². The van der Waals surface area contributed by atoms with Gasteiger partial charge in [-0.15, -0.1) is 11.8 Å². The molecule has 0 aromatic heterocycles. The highest BCUT2D eigenvalue weighted by Gasteiger charge is 2.20. The summed E-state index contributed by atoms with van der Waals surface area (Å²) in [6, 6.07) is 20.6. The van der Waals surface area contributed by atoms with E-state index >= 15 is 0 Å². The molecule has 1 atom stereocenters. The molecule has 0 saturated heterocycles. The van der Waals surface area contributed by atoms with Crippen molar-refractivity contribution in [1.29, 1.82) is 0 Å². The Morgan fingerprint density at radius 2 is 1.82 bits per heavy atom. The number of rotatable bonds is 9. The van der Waals surface area contributed by atoms with Gasteiger partial charge in [0.2, 0.25) is 11.8 Å². The Morgan fingerprint density at radius 3 is 2.53 bits per heavy atom. The predicted molar refractivity (Wildman–Crippen MR) is 142 cm³/mol. The first-order valence-corrected chi connectivity index (χ1v) is 12.1. The Kier molecular flexibility index (Phi) is 9.19. The molecule has 3 aromatic rings. The normalized spacial score (nSPS) is 11.8. The molecule has 34 heavy (non-hydrogen) atoms. The summed E-state index contributed by atoms with van der Waals surface area (Å²) in [5.74, 6) is 0.158. The second kappa shape index (κ2) is 12.3. The van der Waals surface area contributed by atoms with Crippen molar-refractivity contribution < 1.29 is 14.3 Å². The number of hydrogen-bond donors (Lipinski definition) is 2. The Hall–Kier alpha value is -3.22. The maximum Gasteiger partial charge on any atom is 0.248 e. The first-order valence-electron chi connectivity index (χ1n) is 10.9. The van der Waals surface area contributed by atoms with E-state index in [1.165, 1.54) is 24.9 Å². The minimum Gasteiger partial charge on any atom is -0.495 e. The van der Waals surface area contributed by atoms with E-state index < -0.39 is 0 Å². The molecule has 0 saturated carbocycles. The van der Waals surface area contributed by atoms with Gasteiger partial charge in [-0.3, -0.25) is 9.59 Å². The Labute approximate surface area is 209 Å². The summed E-state index contributed by atoms with van der Waals surface area (Å²) >= 11 is 7.61. The number of anilines is 2. The van der Waals surface area contributed by atoms with E-state index in [0.717, 1.165) is 16.0 Å². The van der Waals surface area contributed by atoms with Crippen LogP contribution in [0.1, 0.15) is 24.5 Å². The molecule has 176 valence electrons. The molecule has 3 rings (SSSR count). The van der Waals surface area contributed by atoms with Crippen LogP contribution >= 0.6 is 23.4 Å². The third kappa shape index (κ3) is 7.14. The van der Waals surface area contributed by atoms with Gasteiger partial charge in [-0.25, -0.2) is 0 Å². The quantitative estimate of drug-likeness (QED) is 0.253. The van der Waals surface area contributed by atoms with Crippen molar-refractivity contribution in [3.05, 3.63) is 89.0 Å². The number of hydrogen-bond acceptors (Lipinski definition) is 4. The molecule has 2 N–H and O–H groups in total. The smallest absolute Gasteiger partial charge is 0.248 e. The Morgan fingerprint density at radius 1 is 1.06 bits per heavy atom. The van der Waals surface area contributed by atoms with Crippen LogP contribution in [0.2, 0.25) is 5.02 Å². The second-order valence-corrected chi connectivity index (χ2v) is 9.25. The molecule has 3 aromatic carbocycles. The van der Waals surface area contributed by atoms with Gasteiger partial charge in [0, 0.05) is 27.7 Å². The van der Waals surface area contributed by atoms with Gasteiger partial charge in [0.15, 0.2) is 0 Å². The lowest BCUT2D eigenvalue weighted by Gasteiger charge is -2.17. The van der Waals surface area contributed by atoms with Crippen molar-refractivity contribution in [3.8, 4) is 5.75 Å². The lowest BCUT2D eigenvalue weighted by Crippen LogP contribution is -2.24. The maximum absolute atomic E-state index is 13.0. The molecule has 2 amide bonds. The SMILES string of the molecule is CCC(Sc1cccc(NC(=O)/C=C/c2ccccc2)c1)C(=O)Nc1cc(C)c(Cl)cc1OC. The fourth-order valence-electron chi connectivity index (χ4n) is 3.20. The lowest BCUT2D eigenvalue weighted by atomic mass is 10.2. The molecule has 0 bridgehead atoms. The van der Waals surface area contributed by atoms with Gasteiger partial charge in [-0.05, 0) is 54.8 Å². The first kappa shape index (κ1) is 25.4. The zero-order valence-corrected chi connectivity index (χ0v) is 20.9. The molecule has 1 unspecified atom stereocenters. The molecular formula is C27H27ClN2O3S. The van der Waals surface area contributed by atoms with Crippen LogP contribution in [0.15, 0.2) is 77.7 Å². The van der Waals surface area contributed by atoms with Crippen LogP contribution in [0.5, 0.6) is 5.75 Å². The fraction of sp³-hybridized carbons (Fsp3) is 0.185. The van der Waals surface area contributed by atoms with Gasteiger partial charge in [0.1, 0.15) is 5.75 Å². The average molecular weight is 495 g/mol. The van der Waals surface area contributed by atoms with E-state index in [2.05, 4.69) is 10.6 Å². The molecule has 0 aliphatic carbocycles. The zero-order valence-electron chi connectivity index (χ0n) is 19.3. The second-order valence-electron chi connectivity index (χ2n) is 7.57. The third-order valence-electron chi connectivity index (χ3n) is 5.01. The highest BCUT2D eigenvalue weighted by Crippen LogP contribution is 2.33. The Balaban J connectivity index is 1.65. The molecule has 0 aliphatic rings. The van der Waals surface area contributed by atoms with E-state index in [1.807, 2.05) is 68.4 Å². The van der Waals surface area contributed by atoms with Gasteiger partial charge in [0.25, 0.3) is 0 Å². The summed E-state index contributed by atoms with van der Waals surface area (Å²) in [4.78, 5) is 26.2. The van der Waals surface area contributed by atoms with Crippen molar-refractivity contribution in [2.45, 2.75) is 30.4 Å². The standard InChI is InChI=1S/C27H27ClN2O3S/c1-4-25(27(32)30-23-15-18(2)22(28)17-24(23)33-3)34-21-12-8-11-20(16-21)29-26(31)14-13-19-9-6-5-7-10-19/h5-17,25H,4H2,1-3H3,(H,29,31)(H,30,32)/b14-13+. The average Bonchev–Trinajstić information content (AvgIpc) is 2.84. The van der Waals surface area contributed by atoms with Crippen molar-refractivity contribution in [1.82, 2.24) is 0 Å². The molecule has 7 heteroatoms. The molecule has 0 heterocycles. The number of methoxy groups -OCH3 is 1. The largest absolute Gasteiger partial charge is 0.495 e. The number of halogens is 1. The fourth-order valence-corrected chi connectivity index (χ4v) is 4.36. The van der Waals surface area contributed by atoms with Crippen LogP contribution < -0.4 is 15.4 Å². The summed E-state index contributed by atoms with van der Waals surface area (Å²) in [6.07, 6.45) is 3.89. The van der Waals surface area contributed by atoms with Gasteiger partial charge >= 0.3 is 0 Å². The minimum atomic E-state index is -0.329. The summed E-state index contributed by atoms with van der Waals surface area (Å²) in [5, 5.41) is 6.08. The van der Waals surface area contributed by atoms with Gasteiger partial charge in [-0.2, -0.15) is 0 Å². The molecule has 0 radical (unpaired) electrons. The number of ether oxygens (including phenoxy) is 1.